The Bertz CT molecular complexity index is 110. The number of hydrogen-bond donors (Lipinski definition) is 0. The Kier molecular flexibility index (Phi) is 2.32. The first-order chi connectivity index (χ1) is 4.61. The van der Waals surface area contributed by atoms with E-state index in [2.05, 4.69) is 37.7 Å². The zero-order chi connectivity index (χ0) is 7.72. The molecule has 0 N–H and O–H groups in total. The Morgan fingerprint density at radius 1 is 1.50 bits per heavy atom. The van der Waals surface area contributed by atoms with Crippen molar-refractivity contribution in [3.63, 3.8) is 0 Å². The van der Waals surface area contributed by atoms with Crippen molar-refractivity contribution in [3.8, 4) is 0 Å². The molecule has 1 rings (SSSR count). The smallest absolute Gasteiger partial charge is 0.0353 e. The molecule has 0 aromatic carbocycles. The minimum atomic E-state index is 0.741. The zero-order valence-corrected chi connectivity index (χ0v) is 7.46. The van der Waals surface area contributed by atoms with Gasteiger partial charge in [0.1, 0.15) is 0 Å². The third-order valence-electron chi connectivity index (χ3n) is 2.00. The Hall–Kier alpha value is -0.0800. The highest BCUT2D eigenvalue weighted by molar-refractivity contribution is 4.92. The van der Waals surface area contributed by atoms with Crippen LogP contribution in [0.15, 0.2) is 0 Å². The van der Waals surface area contributed by atoms with Crippen molar-refractivity contribution in [2.75, 3.05) is 27.2 Å². The second-order valence-electron chi connectivity index (χ2n) is 3.71. The van der Waals surface area contributed by atoms with Gasteiger partial charge >= 0.3 is 0 Å². The van der Waals surface area contributed by atoms with E-state index in [1.807, 2.05) is 0 Å². The van der Waals surface area contributed by atoms with Crippen LogP contribution in [0.25, 0.3) is 0 Å². The van der Waals surface area contributed by atoms with Crippen LogP contribution < -0.4 is 0 Å². The molecule has 0 radical (unpaired) electrons. The van der Waals surface area contributed by atoms with Crippen molar-refractivity contribution in [2.24, 2.45) is 0 Å². The maximum Gasteiger partial charge on any atom is 0.0353 e. The van der Waals surface area contributed by atoms with E-state index in [1.165, 1.54) is 13.1 Å². The summed E-state index contributed by atoms with van der Waals surface area (Å²) in [4.78, 5) is 4.77. The minimum Gasteiger partial charge on any atom is -0.308 e. The minimum absolute atomic E-state index is 0.741. The summed E-state index contributed by atoms with van der Waals surface area (Å²) < 4.78 is 0. The molecule has 60 valence electrons. The highest BCUT2D eigenvalue weighted by Gasteiger charge is 2.35. The van der Waals surface area contributed by atoms with Gasteiger partial charge in [-0.05, 0) is 27.9 Å². The van der Waals surface area contributed by atoms with Gasteiger partial charge in [0.2, 0.25) is 0 Å². The van der Waals surface area contributed by atoms with E-state index in [0.717, 1.165) is 12.1 Å². The first-order valence-electron chi connectivity index (χ1n) is 4.01. The van der Waals surface area contributed by atoms with E-state index in [-0.39, 0.29) is 0 Å². The number of rotatable bonds is 3. The molecule has 0 spiro atoms. The van der Waals surface area contributed by atoms with E-state index in [1.54, 1.807) is 0 Å². The molecule has 2 nitrogen and oxygen atoms in total. The molecule has 0 aromatic rings. The van der Waals surface area contributed by atoms with E-state index in [0.29, 0.717) is 0 Å². The average molecular weight is 142 g/mol. The van der Waals surface area contributed by atoms with Crippen LogP contribution in [-0.2, 0) is 0 Å². The molecule has 2 unspecified atom stereocenters. The molecule has 0 aliphatic carbocycles. The summed E-state index contributed by atoms with van der Waals surface area (Å²) in [7, 11) is 4.27. The van der Waals surface area contributed by atoms with Gasteiger partial charge in [0.25, 0.3) is 0 Å². The standard InChI is InChI=1S/C8H18N2/c1-7(2)10-6-8(10)5-9(3)4/h7-8H,5-6H2,1-4H3. The maximum atomic E-state index is 2.51. The van der Waals surface area contributed by atoms with Crippen LogP contribution in [0.3, 0.4) is 0 Å². The Labute approximate surface area is 63.8 Å². The molecule has 0 bridgehead atoms. The van der Waals surface area contributed by atoms with E-state index < -0.39 is 0 Å². The van der Waals surface area contributed by atoms with Gasteiger partial charge in [0.15, 0.2) is 0 Å². The lowest BCUT2D eigenvalue weighted by molar-refractivity contribution is 0.345. The van der Waals surface area contributed by atoms with Crippen molar-refractivity contribution in [2.45, 2.75) is 25.9 Å². The fraction of sp³-hybridized carbons (Fsp3) is 1.00. The topological polar surface area (TPSA) is 6.25 Å². The Morgan fingerprint density at radius 3 is 2.40 bits per heavy atom. The molecule has 1 heterocycles. The van der Waals surface area contributed by atoms with Gasteiger partial charge in [0, 0.05) is 25.2 Å². The summed E-state index contributed by atoms with van der Waals surface area (Å²) in [6.45, 7) is 7.04. The Balaban J connectivity index is 2.13. The number of nitrogens with zero attached hydrogens (tertiary/aromatic N) is 2. The average Bonchev–Trinajstić information content (AvgIpc) is 2.43. The zero-order valence-electron chi connectivity index (χ0n) is 7.46. The molecule has 1 aliphatic rings. The van der Waals surface area contributed by atoms with E-state index in [4.69, 9.17) is 0 Å². The van der Waals surface area contributed by atoms with Crippen LogP contribution >= 0.6 is 0 Å². The molecule has 1 saturated heterocycles. The molecule has 0 amide bonds. The molecular weight excluding hydrogens is 124 g/mol. The van der Waals surface area contributed by atoms with Gasteiger partial charge in [-0.25, -0.2) is 0 Å². The van der Waals surface area contributed by atoms with Crippen molar-refractivity contribution in [1.82, 2.24) is 9.80 Å². The lowest BCUT2D eigenvalue weighted by Crippen LogP contribution is -2.22. The van der Waals surface area contributed by atoms with Crippen LogP contribution in [0.4, 0.5) is 0 Å². The van der Waals surface area contributed by atoms with Gasteiger partial charge < -0.3 is 4.90 Å². The van der Waals surface area contributed by atoms with Crippen LogP contribution in [0.5, 0.6) is 0 Å². The molecule has 0 aromatic heterocycles. The summed E-state index contributed by atoms with van der Waals surface area (Å²) in [5.41, 5.74) is 0. The molecule has 0 saturated carbocycles. The van der Waals surface area contributed by atoms with Crippen molar-refractivity contribution < 1.29 is 0 Å². The normalized spacial score (nSPS) is 31.8. The monoisotopic (exact) mass is 142 g/mol. The van der Waals surface area contributed by atoms with Crippen LogP contribution in [0, 0.1) is 0 Å². The SMILES string of the molecule is CC(C)N1CC1CN(C)C. The molecule has 2 atom stereocenters. The van der Waals surface area contributed by atoms with Gasteiger partial charge in [0.05, 0.1) is 0 Å². The van der Waals surface area contributed by atoms with Gasteiger partial charge in [-0.15, -0.1) is 0 Å². The predicted molar refractivity (Wildman–Crippen MR) is 44.2 cm³/mol. The molecule has 1 fully saturated rings. The highest BCUT2D eigenvalue weighted by atomic mass is 15.3. The van der Waals surface area contributed by atoms with Gasteiger partial charge in [-0.1, -0.05) is 0 Å². The Morgan fingerprint density at radius 2 is 2.10 bits per heavy atom. The summed E-state index contributed by atoms with van der Waals surface area (Å²) in [6, 6.07) is 1.58. The second-order valence-corrected chi connectivity index (χ2v) is 3.71. The van der Waals surface area contributed by atoms with Crippen molar-refractivity contribution in [1.29, 1.82) is 0 Å². The van der Waals surface area contributed by atoms with Crippen molar-refractivity contribution >= 4 is 0 Å². The van der Waals surface area contributed by atoms with Crippen LogP contribution in [0.1, 0.15) is 13.8 Å². The summed E-state index contributed by atoms with van der Waals surface area (Å²) in [5, 5.41) is 0. The number of likely N-dealkylation sites (N-methyl/N-ethyl adjacent to an activating group) is 1. The quantitative estimate of drug-likeness (QED) is 0.533. The third-order valence-corrected chi connectivity index (χ3v) is 2.00. The van der Waals surface area contributed by atoms with Crippen molar-refractivity contribution in [3.05, 3.63) is 0 Å². The largest absolute Gasteiger partial charge is 0.308 e. The highest BCUT2D eigenvalue weighted by Crippen LogP contribution is 2.20. The molecule has 1 aliphatic heterocycles. The van der Waals surface area contributed by atoms with Crippen LogP contribution in [0.2, 0.25) is 0 Å². The van der Waals surface area contributed by atoms with E-state index >= 15 is 0 Å². The lowest BCUT2D eigenvalue weighted by atomic mass is 10.4. The van der Waals surface area contributed by atoms with Crippen LogP contribution in [-0.4, -0.2) is 49.1 Å². The van der Waals surface area contributed by atoms with E-state index in [9.17, 15) is 0 Å². The molecular formula is C8H18N2. The first-order valence-corrected chi connectivity index (χ1v) is 4.01. The summed E-state index contributed by atoms with van der Waals surface area (Å²) in [5.74, 6) is 0. The maximum absolute atomic E-state index is 2.51. The third kappa shape index (κ3) is 1.96. The molecule has 2 heteroatoms. The van der Waals surface area contributed by atoms with Gasteiger partial charge in [-0.2, -0.15) is 0 Å². The lowest BCUT2D eigenvalue weighted by Gasteiger charge is -2.11. The molecule has 10 heavy (non-hydrogen) atoms. The second kappa shape index (κ2) is 2.89. The first kappa shape index (κ1) is 8.02. The predicted octanol–water partition coefficient (Wildman–Crippen LogP) is 0.641. The summed E-state index contributed by atoms with van der Waals surface area (Å²) >= 11 is 0. The fourth-order valence-electron chi connectivity index (χ4n) is 1.41. The summed E-state index contributed by atoms with van der Waals surface area (Å²) in [6.07, 6.45) is 0. The number of hydrogen-bond acceptors (Lipinski definition) is 2. The fourth-order valence-corrected chi connectivity index (χ4v) is 1.41. The van der Waals surface area contributed by atoms with Gasteiger partial charge in [-0.3, -0.25) is 4.90 Å².